The molecule has 0 saturated heterocycles. The molecule has 0 unspecified atom stereocenters. The van der Waals surface area contributed by atoms with Crippen LogP contribution >= 0.6 is 11.9 Å². The Bertz CT molecular complexity index is 980. The van der Waals surface area contributed by atoms with Gasteiger partial charge in [-0.25, -0.2) is 4.79 Å². The van der Waals surface area contributed by atoms with Crippen molar-refractivity contribution in [3.05, 3.63) is 65.7 Å². The molecule has 5 nitrogen and oxygen atoms in total. The van der Waals surface area contributed by atoms with E-state index in [1.807, 2.05) is 18.2 Å². The van der Waals surface area contributed by atoms with E-state index in [-0.39, 0.29) is 11.3 Å². The average Bonchev–Trinajstić information content (AvgIpc) is 2.61. The lowest BCUT2D eigenvalue weighted by atomic mass is 10.1. The van der Waals surface area contributed by atoms with Gasteiger partial charge in [0.05, 0.1) is 11.6 Å². The van der Waals surface area contributed by atoms with Crippen LogP contribution in [0.15, 0.2) is 59.5 Å². The quantitative estimate of drug-likeness (QED) is 0.617. The van der Waals surface area contributed by atoms with Crippen LogP contribution in [0.1, 0.15) is 15.9 Å². The Morgan fingerprint density at radius 2 is 1.83 bits per heavy atom. The van der Waals surface area contributed by atoms with Crippen LogP contribution in [-0.4, -0.2) is 16.2 Å². The molecule has 0 radical (unpaired) electrons. The first kappa shape index (κ1) is 15.7. The van der Waals surface area contributed by atoms with Crippen LogP contribution in [0.2, 0.25) is 0 Å². The van der Waals surface area contributed by atoms with Crippen molar-refractivity contribution in [2.24, 2.45) is 0 Å². The maximum absolute atomic E-state index is 11.3. The van der Waals surface area contributed by atoms with E-state index in [1.54, 1.807) is 30.3 Å². The zero-order chi connectivity index (χ0) is 17.1. The van der Waals surface area contributed by atoms with E-state index in [4.69, 9.17) is 5.26 Å². The number of rotatable bonds is 4. The van der Waals surface area contributed by atoms with Crippen LogP contribution < -0.4 is 4.72 Å². The van der Waals surface area contributed by atoms with Crippen LogP contribution in [0, 0.1) is 11.3 Å². The monoisotopic (exact) mass is 336 g/mol. The van der Waals surface area contributed by atoms with E-state index in [0.29, 0.717) is 15.8 Å². The van der Waals surface area contributed by atoms with Crippen LogP contribution in [-0.2, 0) is 0 Å². The summed E-state index contributed by atoms with van der Waals surface area (Å²) in [5.41, 5.74) is 1.11. The van der Waals surface area contributed by atoms with Crippen molar-refractivity contribution < 1.29 is 15.0 Å². The number of nitriles is 1. The fourth-order valence-electron chi connectivity index (χ4n) is 2.34. The number of aromatic hydroxyl groups is 1. The van der Waals surface area contributed by atoms with Crippen molar-refractivity contribution in [1.29, 1.82) is 5.26 Å². The molecule has 118 valence electrons. The van der Waals surface area contributed by atoms with Crippen molar-refractivity contribution in [2.45, 2.75) is 4.90 Å². The molecule has 0 saturated carbocycles. The number of fused-ring (bicyclic) bond motifs is 1. The molecular weight excluding hydrogens is 324 g/mol. The number of nitrogens with zero attached hydrogens (tertiary/aromatic N) is 1. The Morgan fingerprint density at radius 3 is 2.54 bits per heavy atom. The Hall–Kier alpha value is -3.17. The highest BCUT2D eigenvalue weighted by Gasteiger charge is 2.16. The van der Waals surface area contributed by atoms with E-state index >= 15 is 0 Å². The third-order valence-electron chi connectivity index (χ3n) is 3.48. The second-order valence-electron chi connectivity index (χ2n) is 5.02. The summed E-state index contributed by atoms with van der Waals surface area (Å²) < 4.78 is 3.10. The lowest BCUT2D eigenvalue weighted by Crippen LogP contribution is -1.99. The zero-order valence-corrected chi connectivity index (χ0v) is 13.2. The van der Waals surface area contributed by atoms with E-state index in [0.717, 1.165) is 11.1 Å². The average molecular weight is 336 g/mol. The summed E-state index contributed by atoms with van der Waals surface area (Å²) >= 11 is 1.23. The number of hydrogen-bond acceptors (Lipinski definition) is 5. The number of hydrogen-bond donors (Lipinski definition) is 3. The second kappa shape index (κ2) is 6.52. The fraction of sp³-hybridized carbons (Fsp3) is 0. The van der Waals surface area contributed by atoms with Gasteiger partial charge < -0.3 is 14.9 Å². The van der Waals surface area contributed by atoms with Crippen molar-refractivity contribution >= 4 is 34.4 Å². The third kappa shape index (κ3) is 2.98. The van der Waals surface area contributed by atoms with Gasteiger partial charge in [0.2, 0.25) is 0 Å². The summed E-state index contributed by atoms with van der Waals surface area (Å²) in [4.78, 5) is 12.0. The van der Waals surface area contributed by atoms with Crippen molar-refractivity contribution in [2.75, 3.05) is 4.72 Å². The number of benzene rings is 3. The van der Waals surface area contributed by atoms with E-state index in [1.165, 1.54) is 18.0 Å². The predicted octanol–water partition coefficient (Wildman–Crippen LogP) is 4.23. The highest BCUT2D eigenvalue weighted by atomic mass is 32.2. The van der Waals surface area contributed by atoms with Gasteiger partial charge in [0, 0.05) is 21.4 Å². The number of carbonyl (C=O) groups is 1. The first-order chi connectivity index (χ1) is 11.6. The Balaban J connectivity index is 2.01. The Kier molecular flexibility index (Phi) is 4.27. The van der Waals surface area contributed by atoms with Crippen LogP contribution in [0.3, 0.4) is 0 Å². The van der Waals surface area contributed by atoms with Gasteiger partial charge in [-0.15, -0.1) is 0 Å². The molecule has 0 heterocycles. The number of anilines is 1. The molecule has 0 amide bonds. The standard InChI is InChI=1S/C18H12N2O3S/c19-10-11-4-3-5-12(8-11)20-24-16-9-15(18(22)23)17(21)14-7-2-1-6-13(14)16/h1-9,20-21H,(H,22,23). The van der Waals surface area contributed by atoms with Crippen molar-refractivity contribution in [3.63, 3.8) is 0 Å². The van der Waals surface area contributed by atoms with Crippen LogP contribution in [0.5, 0.6) is 5.75 Å². The summed E-state index contributed by atoms with van der Waals surface area (Å²) in [7, 11) is 0. The highest BCUT2D eigenvalue weighted by molar-refractivity contribution is 8.00. The number of aromatic carboxylic acids is 1. The molecule has 6 heteroatoms. The normalized spacial score (nSPS) is 10.3. The van der Waals surface area contributed by atoms with Gasteiger partial charge in [-0.2, -0.15) is 5.26 Å². The van der Waals surface area contributed by atoms with Crippen LogP contribution in [0.4, 0.5) is 5.69 Å². The molecule has 0 fully saturated rings. The Labute approximate surface area is 142 Å². The molecule has 0 aliphatic carbocycles. The topological polar surface area (TPSA) is 93.4 Å². The van der Waals surface area contributed by atoms with Gasteiger partial charge in [-0.3, -0.25) is 0 Å². The van der Waals surface area contributed by atoms with E-state index < -0.39 is 5.97 Å². The van der Waals surface area contributed by atoms with Gasteiger partial charge >= 0.3 is 5.97 Å². The third-order valence-corrected chi connectivity index (χ3v) is 4.37. The molecule has 24 heavy (non-hydrogen) atoms. The van der Waals surface area contributed by atoms with Crippen molar-refractivity contribution in [3.8, 4) is 11.8 Å². The molecule has 0 aromatic heterocycles. The summed E-state index contributed by atoms with van der Waals surface area (Å²) in [5, 5.41) is 29.6. The van der Waals surface area contributed by atoms with Crippen LogP contribution in [0.25, 0.3) is 10.8 Å². The minimum atomic E-state index is -1.19. The summed E-state index contributed by atoms with van der Waals surface area (Å²) in [6, 6.07) is 17.5. The van der Waals surface area contributed by atoms with Gasteiger partial charge in [0.15, 0.2) is 0 Å². The van der Waals surface area contributed by atoms with E-state index in [9.17, 15) is 15.0 Å². The van der Waals surface area contributed by atoms with Crippen molar-refractivity contribution in [1.82, 2.24) is 0 Å². The maximum atomic E-state index is 11.3. The number of phenols is 1. The summed E-state index contributed by atoms with van der Waals surface area (Å²) in [6.07, 6.45) is 0. The maximum Gasteiger partial charge on any atom is 0.339 e. The Morgan fingerprint density at radius 1 is 1.08 bits per heavy atom. The largest absolute Gasteiger partial charge is 0.506 e. The molecule has 3 rings (SSSR count). The molecule has 3 N–H and O–H groups in total. The molecule has 3 aromatic rings. The lowest BCUT2D eigenvalue weighted by Gasteiger charge is -2.12. The zero-order valence-electron chi connectivity index (χ0n) is 12.4. The number of carboxylic acids is 1. The van der Waals surface area contributed by atoms with Gasteiger partial charge in [-0.1, -0.05) is 30.3 Å². The summed E-state index contributed by atoms with van der Waals surface area (Å²) in [6.45, 7) is 0. The molecule has 0 spiro atoms. The van der Waals surface area contributed by atoms with Gasteiger partial charge in [0.1, 0.15) is 11.3 Å². The van der Waals surface area contributed by atoms with Gasteiger partial charge in [0.25, 0.3) is 0 Å². The van der Waals surface area contributed by atoms with E-state index in [2.05, 4.69) is 10.8 Å². The number of nitrogens with one attached hydrogen (secondary N) is 1. The molecular formula is C18H12N2O3S. The first-order valence-electron chi connectivity index (χ1n) is 7.01. The first-order valence-corrected chi connectivity index (χ1v) is 7.83. The highest BCUT2D eigenvalue weighted by Crippen LogP contribution is 2.36. The lowest BCUT2D eigenvalue weighted by molar-refractivity contribution is 0.0694. The summed E-state index contributed by atoms with van der Waals surface area (Å²) in [5.74, 6) is -1.43. The molecule has 0 aliphatic rings. The molecule has 0 bridgehead atoms. The smallest absolute Gasteiger partial charge is 0.339 e. The molecule has 0 atom stereocenters. The molecule has 0 aliphatic heterocycles. The number of carboxylic acid groups (broad SMARTS) is 1. The minimum Gasteiger partial charge on any atom is -0.506 e. The second-order valence-corrected chi connectivity index (χ2v) is 5.87. The minimum absolute atomic E-state index is 0.149. The SMILES string of the molecule is N#Cc1cccc(NSc2cc(C(=O)O)c(O)c3ccccc23)c1. The predicted molar refractivity (Wildman–Crippen MR) is 93.2 cm³/mol. The van der Waals surface area contributed by atoms with Gasteiger partial charge in [-0.05, 0) is 36.2 Å². The molecule has 3 aromatic carbocycles. The fourth-order valence-corrected chi connectivity index (χ4v) is 3.16.